The topological polar surface area (TPSA) is 26.2 Å². The molecule has 0 aliphatic heterocycles. The van der Waals surface area contributed by atoms with Crippen molar-refractivity contribution >= 4 is 82.5 Å². The van der Waals surface area contributed by atoms with Crippen LogP contribution in [0.4, 0.5) is 11.4 Å². The van der Waals surface area contributed by atoms with Crippen molar-refractivity contribution < 1.29 is 4.42 Å². The van der Waals surface area contributed by atoms with Gasteiger partial charge in [-0.3, -0.25) is 0 Å². The Kier molecular flexibility index (Phi) is 10.7. The minimum absolute atomic E-state index is 0.268. The summed E-state index contributed by atoms with van der Waals surface area (Å²) in [6.07, 6.45) is 8.37. The van der Waals surface area contributed by atoms with Gasteiger partial charge in [0.15, 0.2) is 0 Å². The van der Waals surface area contributed by atoms with E-state index >= 15 is 0 Å². The maximum atomic E-state index is 6.48. The highest BCUT2D eigenvalue weighted by molar-refractivity contribution is 6.12. The minimum atomic E-state index is -0.268. The highest BCUT2D eigenvalue weighted by atomic mass is 16.3. The van der Waals surface area contributed by atoms with Crippen LogP contribution in [0.1, 0.15) is 30.5 Å². The van der Waals surface area contributed by atoms with Gasteiger partial charge in [0, 0.05) is 72.2 Å². The Morgan fingerprint density at radius 2 is 0.937 bits per heavy atom. The van der Waals surface area contributed by atoms with Crippen molar-refractivity contribution in [1.29, 1.82) is 0 Å². The zero-order chi connectivity index (χ0) is 52.8. The molecule has 0 amide bonds. The summed E-state index contributed by atoms with van der Waals surface area (Å²) in [6.45, 7) is 9.03. The van der Waals surface area contributed by atoms with E-state index in [4.69, 9.17) is 4.42 Å². The second kappa shape index (κ2) is 18.3. The molecule has 3 heterocycles. The fourth-order valence-electron chi connectivity index (χ4n) is 12.7. The summed E-state index contributed by atoms with van der Waals surface area (Å²) in [5.41, 5.74) is 22.6. The number of rotatable bonds is 10. The van der Waals surface area contributed by atoms with Crippen molar-refractivity contribution in [3.05, 3.63) is 296 Å². The number of aromatic nitrogens is 2. The van der Waals surface area contributed by atoms with E-state index in [2.05, 4.69) is 289 Å². The largest absolute Gasteiger partial charge is 0.455 e. The Balaban J connectivity index is 0.790. The summed E-state index contributed by atoms with van der Waals surface area (Å²) in [4.78, 5) is 2.31. The van der Waals surface area contributed by atoms with Crippen molar-refractivity contribution in [2.24, 2.45) is 0 Å². The third-order valence-electron chi connectivity index (χ3n) is 16.6. The fraction of sp³-hybridized carbons (Fsp3) is 0.0400. The molecule has 4 heteroatoms. The van der Waals surface area contributed by atoms with Crippen LogP contribution < -0.4 is 4.90 Å². The van der Waals surface area contributed by atoms with E-state index in [0.717, 1.165) is 67.0 Å². The smallest absolute Gasteiger partial charge is 0.143 e. The minimum Gasteiger partial charge on any atom is -0.455 e. The second-order valence-electron chi connectivity index (χ2n) is 21.3. The number of benzene rings is 11. The van der Waals surface area contributed by atoms with E-state index in [-0.39, 0.29) is 5.41 Å². The summed E-state index contributed by atoms with van der Waals surface area (Å²) in [7, 11) is 0. The van der Waals surface area contributed by atoms with E-state index in [1.807, 2.05) is 18.2 Å². The van der Waals surface area contributed by atoms with Gasteiger partial charge in [-0.2, -0.15) is 0 Å². The third-order valence-corrected chi connectivity index (χ3v) is 16.6. The van der Waals surface area contributed by atoms with E-state index in [9.17, 15) is 0 Å². The van der Waals surface area contributed by atoms with Crippen LogP contribution in [-0.2, 0) is 5.41 Å². The maximum Gasteiger partial charge on any atom is 0.143 e. The van der Waals surface area contributed by atoms with Crippen molar-refractivity contribution in [3.8, 4) is 44.8 Å². The number of allylic oxidation sites excluding steroid dienone is 4. The average Bonchev–Trinajstić information content (AvgIpc) is 4.24. The molecular weight excluding hydrogens is 959 g/mol. The molecule has 15 rings (SSSR count). The summed E-state index contributed by atoms with van der Waals surface area (Å²) < 4.78 is 11.2. The molecule has 11 aromatic carbocycles. The van der Waals surface area contributed by atoms with Crippen LogP contribution in [0, 0.1) is 0 Å². The number of hydrogen-bond donors (Lipinski definition) is 0. The lowest BCUT2D eigenvalue weighted by atomic mass is 9.81. The molecule has 0 unspecified atom stereocenters. The summed E-state index contributed by atoms with van der Waals surface area (Å²) in [5.74, 6) is 0. The first-order valence-corrected chi connectivity index (χ1v) is 27.2. The van der Waals surface area contributed by atoms with Gasteiger partial charge in [-0.05, 0) is 147 Å². The Bertz CT molecular complexity index is 4760. The highest BCUT2D eigenvalue weighted by Crippen LogP contribution is 2.51. The van der Waals surface area contributed by atoms with Crippen LogP contribution in [0.5, 0.6) is 0 Å². The van der Waals surface area contributed by atoms with Gasteiger partial charge in [-0.1, -0.05) is 190 Å². The summed E-state index contributed by atoms with van der Waals surface area (Å²) in [6, 6.07) is 90.3. The van der Waals surface area contributed by atoms with Crippen molar-refractivity contribution in [2.75, 3.05) is 4.90 Å². The lowest BCUT2D eigenvalue weighted by molar-refractivity contribution is 0.660. The zero-order valence-corrected chi connectivity index (χ0v) is 43.9. The van der Waals surface area contributed by atoms with Crippen LogP contribution >= 0.6 is 0 Å². The van der Waals surface area contributed by atoms with Gasteiger partial charge in [0.1, 0.15) is 11.2 Å². The maximum absolute atomic E-state index is 6.48. The molecule has 0 N–H and O–H groups in total. The Morgan fingerprint density at radius 1 is 0.430 bits per heavy atom. The van der Waals surface area contributed by atoms with Gasteiger partial charge < -0.3 is 18.5 Å². The van der Waals surface area contributed by atoms with E-state index in [1.54, 1.807) is 0 Å². The van der Waals surface area contributed by atoms with Crippen molar-refractivity contribution in [2.45, 2.75) is 19.3 Å². The first-order chi connectivity index (χ1) is 38.9. The predicted molar refractivity (Wildman–Crippen MR) is 333 cm³/mol. The zero-order valence-electron chi connectivity index (χ0n) is 43.9. The number of fused-ring (bicyclic) bond motifs is 12. The van der Waals surface area contributed by atoms with Gasteiger partial charge in [0.25, 0.3) is 0 Å². The Hall–Kier alpha value is -10.2. The SMILES string of the molecule is C=C/C(=C\C=C\N(c1ccc(-c2ccc(-n3c4ccccc4c4ccccc43)cc2)cc1)c1ccc2c(c1)C(C)(C)c1cc(-c3ccc4c(c3)c3ccccc3n4-c3ccccc3)ccc1-2)c1cccc2c1oc1ccccc12. The Morgan fingerprint density at radius 3 is 1.62 bits per heavy atom. The van der Waals surface area contributed by atoms with Gasteiger partial charge >= 0.3 is 0 Å². The quantitative estimate of drug-likeness (QED) is 0.128. The van der Waals surface area contributed by atoms with Crippen molar-refractivity contribution in [3.63, 3.8) is 0 Å². The molecule has 3 aromatic heterocycles. The van der Waals surface area contributed by atoms with Gasteiger partial charge in [-0.15, -0.1) is 0 Å². The summed E-state index contributed by atoms with van der Waals surface area (Å²) in [5, 5.41) is 7.22. The van der Waals surface area contributed by atoms with Crippen LogP contribution in [0.15, 0.2) is 284 Å². The molecule has 1 aliphatic rings. The predicted octanol–water partition coefficient (Wildman–Crippen LogP) is 20.3. The molecule has 374 valence electrons. The number of furan rings is 1. The van der Waals surface area contributed by atoms with Crippen LogP contribution in [-0.4, -0.2) is 9.13 Å². The molecule has 14 aromatic rings. The standard InChI is InChI=1S/C75H53N3O/c1-4-49(58-25-16-26-65-64-24-11-15-30-73(64)79-74(58)65)18-17-45-76(54-37-31-50(32-38-54)51-33-39-56(40-34-51)78-69-27-12-8-21-61(69)62-22-9-13-28-70(62)78)57-41-43-60-59-42-35-53(47-67(59)75(2,3)68(60)48-57)52-36-44-72-66(46-52)63-23-10-14-29-71(63)77(72)55-19-6-5-7-20-55/h4-48H,1H2,2-3H3/b45-17+,49-18+. The van der Waals surface area contributed by atoms with Crippen molar-refractivity contribution in [1.82, 2.24) is 9.13 Å². The van der Waals surface area contributed by atoms with E-state index in [1.165, 1.54) is 77.0 Å². The van der Waals surface area contributed by atoms with Gasteiger partial charge in [-0.25, -0.2) is 0 Å². The first-order valence-electron chi connectivity index (χ1n) is 27.2. The highest BCUT2D eigenvalue weighted by Gasteiger charge is 2.36. The number of nitrogens with zero attached hydrogens (tertiary/aromatic N) is 3. The molecular formula is C75H53N3O. The number of hydrogen-bond acceptors (Lipinski definition) is 2. The molecule has 0 saturated carbocycles. The number of para-hydroxylation sites is 6. The van der Waals surface area contributed by atoms with Crippen LogP contribution in [0.2, 0.25) is 0 Å². The monoisotopic (exact) mass is 1010 g/mol. The molecule has 0 bridgehead atoms. The Labute approximate surface area is 459 Å². The molecule has 4 nitrogen and oxygen atoms in total. The molecule has 1 aliphatic carbocycles. The first kappa shape index (κ1) is 46.2. The average molecular weight is 1010 g/mol. The van der Waals surface area contributed by atoms with Gasteiger partial charge in [0.05, 0.1) is 22.1 Å². The third kappa shape index (κ3) is 7.44. The second-order valence-corrected chi connectivity index (χ2v) is 21.3. The molecule has 0 fully saturated rings. The van der Waals surface area contributed by atoms with E-state index < -0.39 is 0 Å². The van der Waals surface area contributed by atoms with Crippen LogP contribution in [0.25, 0.3) is 116 Å². The fourth-order valence-corrected chi connectivity index (χ4v) is 12.7. The number of anilines is 2. The molecule has 79 heavy (non-hydrogen) atoms. The lowest BCUT2D eigenvalue weighted by Crippen LogP contribution is -2.16. The van der Waals surface area contributed by atoms with Gasteiger partial charge in [0.2, 0.25) is 0 Å². The molecule has 0 spiro atoms. The summed E-state index contributed by atoms with van der Waals surface area (Å²) >= 11 is 0. The van der Waals surface area contributed by atoms with Crippen LogP contribution in [0.3, 0.4) is 0 Å². The van der Waals surface area contributed by atoms with E-state index in [0.29, 0.717) is 0 Å². The molecule has 0 atom stereocenters. The molecule has 0 saturated heterocycles. The normalized spacial score (nSPS) is 13.1. The lowest BCUT2D eigenvalue weighted by Gasteiger charge is -2.26. The molecule has 0 radical (unpaired) electrons.